The zero-order valence-corrected chi connectivity index (χ0v) is 10.3. The lowest BCUT2D eigenvalue weighted by atomic mass is 10.1. The highest BCUT2D eigenvalue weighted by Gasteiger charge is 2.15. The van der Waals surface area contributed by atoms with E-state index in [0.717, 1.165) is 9.26 Å². The molecule has 6 heteroatoms. The second-order valence-corrected chi connectivity index (χ2v) is 3.88. The summed E-state index contributed by atoms with van der Waals surface area (Å²) in [6, 6.07) is 0. The van der Waals surface area contributed by atoms with E-state index >= 15 is 0 Å². The molecular formula is C8H14IN5. The van der Waals surface area contributed by atoms with Crippen molar-refractivity contribution in [3.8, 4) is 0 Å². The van der Waals surface area contributed by atoms with Crippen LogP contribution in [0.1, 0.15) is 0 Å². The smallest absolute Gasteiger partial charge is 0.0838 e. The molecular weight excluding hydrogens is 293 g/mol. The van der Waals surface area contributed by atoms with Crippen LogP contribution in [-0.4, -0.2) is 14.1 Å². The number of hydrogen-bond acceptors (Lipinski definition) is 5. The van der Waals surface area contributed by atoms with E-state index in [1.54, 1.807) is 14.1 Å². The zero-order chi connectivity index (χ0) is 10.9. The van der Waals surface area contributed by atoms with Gasteiger partial charge in [-0.15, -0.1) is 0 Å². The topological polar surface area (TPSA) is 102 Å². The van der Waals surface area contributed by atoms with E-state index in [-0.39, 0.29) is 0 Å². The van der Waals surface area contributed by atoms with Crippen molar-refractivity contribution in [3.05, 3.63) is 3.57 Å². The van der Waals surface area contributed by atoms with Crippen LogP contribution in [0.4, 0.5) is 28.4 Å². The summed E-state index contributed by atoms with van der Waals surface area (Å²) in [5.74, 6) is 0. The molecule has 0 spiro atoms. The predicted molar refractivity (Wildman–Crippen MR) is 71.5 cm³/mol. The van der Waals surface area contributed by atoms with Gasteiger partial charge in [0.2, 0.25) is 0 Å². The van der Waals surface area contributed by atoms with Crippen molar-refractivity contribution in [1.82, 2.24) is 0 Å². The van der Waals surface area contributed by atoms with Crippen LogP contribution < -0.4 is 27.8 Å². The Balaban J connectivity index is 3.55. The molecule has 0 atom stereocenters. The molecule has 0 aliphatic carbocycles. The Hall–Kier alpha value is -1.05. The highest BCUT2D eigenvalue weighted by molar-refractivity contribution is 14.1. The molecule has 0 aliphatic rings. The molecule has 0 saturated heterocycles. The van der Waals surface area contributed by atoms with Crippen LogP contribution in [0.3, 0.4) is 0 Å². The molecule has 0 radical (unpaired) electrons. The standard InChI is InChI=1S/C8H14IN5/c1-13-7-3(9)4(10)8(14-2)6(12)5(7)11/h13-14H,10-12H2,1-2H3. The average molecular weight is 307 g/mol. The predicted octanol–water partition coefficient (Wildman–Crippen LogP) is 1.12. The van der Waals surface area contributed by atoms with Gasteiger partial charge in [0.1, 0.15) is 0 Å². The number of nitrogens with two attached hydrogens (primary N) is 3. The fourth-order valence-electron chi connectivity index (χ4n) is 1.29. The first-order valence-electron chi connectivity index (χ1n) is 4.06. The lowest BCUT2D eigenvalue weighted by molar-refractivity contribution is 1.45. The molecule has 5 nitrogen and oxygen atoms in total. The summed E-state index contributed by atoms with van der Waals surface area (Å²) in [7, 11) is 3.54. The van der Waals surface area contributed by atoms with Crippen molar-refractivity contribution in [2.24, 2.45) is 0 Å². The van der Waals surface area contributed by atoms with E-state index in [0.29, 0.717) is 22.7 Å². The fourth-order valence-corrected chi connectivity index (χ4v) is 2.12. The van der Waals surface area contributed by atoms with Crippen LogP contribution in [0, 0.1) is 3.57 Å². The molecule has 1 aromatic carbocycles. The maximum absolute atomic E-state index is 5.89. The second kappa shape index (κ2) is 3.99. The molecule has 0 saturated carbocycles. The monoisotopic (exact) mass is 307 g/mol. The fraction of sp³-hybridized carbons (Fsp3) is 0.250. The summed E-state index contributed by atoms with van der Waals surface area (Å²) < 4.78 is 0.876. The minimum absolute atomic E-state index is 0.481. The Labute approximate surface area is 96.5 Å². The summed E-state index contributed by atoms with van der Waals surface area (Å²) >= 11 is 2.13. The number of nitrogen functional groups attached to an aromatic ring is 3. The molecule has 78 valence electrons. The molecule has 0 amide bonds. The number of halogens is 1. The Morgan fingerprint density at radius 2 is 1.29 bits per heavy atom. The summed E-state index contributed by atoms with van der Waals surface area (Å²) in [5, 5.41) is 5.91. The first-order chi connectivity index (χ1) is 6.54. The van der Waals surface area contributed by atoms with E-state index < -0.39 is 0 Å². The Morgan fingerprint density at radius 3 is 1.71 bits per heavy atom. The lowest BCUT2D eigenvalue weighted by Gasteiger charge is -2.17. The summed E-state index contributed by atoms with van der Waals surface area (Å²) in [6.07, 6.45) is 0. The third-order valence-corrected chi connectivity index (χ3v) is 3.17. The number of rotatable bonds is 2. The van der Waals surface area contributed by atoms with Gasteiger partial charge >= 0.3 is 0 Å². The minimum atomic E-state index is 0.481. The number of hydrogen-bond donors (Lipinski definition) is 5. The third kappa shape index (κ3) is 1.49. The second-order valence-electron chi connectivity index (χ2n) is 2.81. The van der Waals surface area contributed by atoms with Gasteiger partial charge in [0.05, 0.1) is 32.0 Å². The van der Waals surface area contributed by atoms with Gasteiger partial charge in [-0.2, -0.15) is 0 Å². The lowest BCUT2D eigenvalue weighted by Crippen LogP contribution is -2.09. The van der Waals surface area contributed by atoms with Crippen molar-refractivity contribution < 1.29 is 0 Å². The van der Waals surface area contributed by atoms with E-state index in [2.05, 4.69) is 33.2 Å². The average Bonchev–Trinajstić information content (AvgIpc) is 2.17. The highest BCUT2D eigenvalue weighted by atomic mass is 127. The number of anilines is 5. The summed E-state index contributed by atoms with van der Waals surface area (Å²) in [4.78, 5) is 0. The van der Waals surface area contributed by atoms with Crippen molar-refractivity contribution in [2.45, 2.75) is 0 Å². The van der Waals surface area contributed by atoms with Gasteiger partial charge < -0.3 is 27.8 Å². The SMILES string of the molecule is CNc1c(N)c(N)c(NC)c(I)c1N. The number of nitrogens with one attached hydrogen (secondary N) is 2. The first kappa shape index (κ1) is 11.0. The Bertz CT molecular complexity index is 299. The van der Waals surface area contributed by atoms with Crippen molar-refractivity contribution in [2.75, 3.05) is 41.9 Å². The normalized spacial score (nSPS) is 9.93. The maximum atomic E-state index is 5.89. The summed E-state index contributed by atoms with van der Waals surface area (Å²) in [6.45, 7) is 0. The molecule has 1 rings (SSSR count). The van der Waals surface area contributed by atoms with Crippen molar-refractivity contribution in [3.63, 3.8) is 0 Å². The van der Waals surface area contributed by atoms with Gasteiger partial charge in [0.15, 0.2) is 0 Å². The number of benzene rings is 1. The van der Waals surface area contributed by atoms with E-state index in [4.69, 9.17) is 17.2 Å². The largest absolute Gasteiger partial charge is 0.396 e. The van der Waals surface area contributed by atoms with Crippen LogP contribution in [0.5, 0.6) is 0 Å². The van der Waals surface area contributed by atoms with Gasteiger partial charge in [-0.3, -0.25) is 0 Å². The molecule has 14 heavy (non-hydrogen) atoms. The Kier molecular flexibility index (Phi) is 3.14. The van der Waals surface area contributed by atoms with E-state index in [9.17, 15) is 0 Å². The minimum Gasteiger partial charge on any atom is -0.396 e. The molecule has 1 aromatic rings. The van der Waals surface area contributed by atoms with Gasteiger partial charge in [0.25, 0.3) is 0 Å². The Morgan fingerprint density at radius 1 is 0.857 bits per heavy atom. The zero-order valence-electron chi connectivity index (χ0n) is 8.11. The highest BCUT2D eigenvalue weighted by Crippen LogP contribution is 2.41. The van der Waals surface area contributed by atoms with Crippen LogP contribution in [-0.2, 0) is 0 Å². The van der Waals surface area contributed by atoms with Gasteiger partial charge in [-0.1, -0.05) is 0 Å². The maximum Gasteiger partial charge on any atom is 0.0838 e. The first-order valence-corrected chi connectivity index (χ1v) is 5.13. The van der Waals surface area contributed by atoms with Crippen LogP contribution in [0.15, 0.2) is 0 Å². The molecule has 0 unspecified atom stereocenters. The third-order valence-electron chi connectivity index (χ3n) is 2.05. The summed E-state index contributed by atoms with van der Waals surface area (Å²) in [5.41, 5.74) is 20.7. The van der Waals surface area contributed by atoms with Gasteiger partial charge in [0, 0.05) is 14.1 Å². The molecule has 0 aromatic heterocycles. The quantitative estimate of drug-likeness (QED) is 0.416. The van der Waals surface area contributed by atoms with Gasteiger partial charge in [-0.25, -0.2) is 0 Å². The van der Waals surface area contributed by atoms with Crippen molar-refractivity contribution >= 4 is 51.0 Å². The molecule has 0 aliphatic heterocycles. The van der Waals surface area contributed by atoms with E-state index in [1.807, 2.05) is 0 Å². The molecule has 0 heterocycles. The van der Waals surface area contributed by atoms with Crippen molar-refractivity contribution in [1.29, 1.82) is 0 Å². The molecule has 8 N–H and O–H groups in total. The molecule has 0 bridgehead atoms. The van der Waals surface area contributed by atoms with Crippen LogP contribution >= 0.6 is 22.6 Å². The van der Waals surface area contributed by atoms with E-state index in [1.165, 1.54) is 0 Å². The van der Waals surface area contributed by atoms with Gasteiger partial charge in [-0.05, 0) is 22.6 Å². The molecule has 0 fully saturated rings. The van der Waals surface area contributed by atoms with Crippen LogP contribution in [0.25, 0.3) is 0 Å². The van der Waals surface area contributed by atoms with Crippen LogP contribution in [0.2, 0.25) is 0 Å².